The minimum Gasteiger partial charge on any atom is -0.507 e. The van der Waals surface area contributed by atoms with Crippen LogP contribution in [0.3, 0.4) is 0 Å². The van der Waals surface area contributed by atoms with Crippen molar-refractivity contribution < 1.29 is 9.90 Å². The molecule has 0 spiro atoms. The molecule has 0 radical (unpaired) electrons. The SMILES string of the molecule is CN(C(=O)c1cc2ccccc2cc1O)c1ccccn1. The van der Waals surface area contributed by atoms with Crippen molar-refractivity contribution in [2.45, 2.75) is 0 Å². The highest BCUT2D eigenvalue weighted by atomic mass is 16.3. The van der Waals surface area contributed by atoms with E-state index in [1.165, 1.54) is 4.90 Å². The summed E-state index contributed by atoms with van der Waals surface area (Å²) in [4.78, 5) is 18.1. The molecule has 0 aliphatic carbocycles. The first-order chi connectivity index (χ1) is 10.2. The molecule has 1 N–H and O–H groups in total. The lowest BCUT2D eigenvalue weighted by molar-refractivity contribution is 0.0990. The Labute approximate surface area is 122 Å². The maximum absolute atomic E-state index is 12.5. The molecule has 0 bridgehead atoms. The van der Waals surface area contributed by atoms with E-state index in [1.54, 1.807) is 37.5 Å². The van der Waals surface area contributed by atoms with Crippen molar-refractivity contribution in [1.29, 1.82) is 0 Å². The first-order valence-corrected chi connectivity index (χ1v) is 6.57. The molecular formula is C17H14N2O2. The molecule has 1 heterocycles. The quantitative estimate of drug-likeness (QED) is 0.783. The Morgan fingerprint density at radius 1 is 1.05 bits per heavy atom. The molecule has 1 aromatic heterocycles. The predicted octanol–water partition coefficient (Wildman–Crippen LogP) is 3.22. The number of hydrogen-bond donors (Lipinski definition) is 1. The van der Waals surface area contributed by atoms with Gasteiger partial charge in [0.1, 0.15) is 11.6 Å². The van der Waals surface area contributed by atoms with E-state index in [1.807, 2.05) is 30.3 Å². The van der Waals surface area contributed by atoms with Crippen LogP contribution in [0.2, 0.25) is 0 Å². The van der Waals surface area contributed by atoms with Crippen LogP contribution in [0, 0.1) is 0 Å². The number of rotatable bonds is 2. The van der Waals surface area contributed by atoms with Crippen LogP contribution < -0.4 is 4.90 Å². The molecule has 104 valence electrons. The lowest BCUT2D eigenvalue weighted by Gasteiger charge is -2.17. The van der Waals surface area contributed by atoms with Crippen molar-refractivity contribution in [3.63, 3.8) is 0 Å². The van der Waals surface area contributed by atoms with E-state index in [-0.39, 0.29) is 17.2 Å². The number of fused-ring (bicyclic) bond motifs is 1. The van der Waals surface area contributed by atoms with Gasteiger partial charge in [-0.2, -0.15) is 0 Å². The summed E-state index contributed by atoms with van der Waals surface area (Å²) in [6.45, 7) is 0. The van der Waals surface area contributed by atoms with Crippen molar-refractivity contribution in [3.05, 3.63) is 66.4 Å². The van der Waals surface area contributed by atoms with Gasteiger partial charge in [0.15, 0.2) is 0 Å². The van der Waals surface area contributed by atoms with E-state index in [2.05, 4.69) is 4.98 Å². The summed E-state index contributed by atoms with van der Waals surface area (Å²) in [5.41, 5.74) is 0.266. The van der Waals surface area contributed by atoms with Gasteiger partial charge in [-0.15, -0.1) is 0 Å². The third-order valence-electron chi connectivity index (χ3n) is 3.39. The number of phenols is 1. The van der Waals surface area contributed by atoms with Crippen LogP contribution in [0.15, 0.2) is 60.8 Å². The molecule has 0 saturated carbocycles. The molecule has 3 aromatic rings. The van der Waals surface area contributed by atoms with Crippen LogP contribution in [-0.4, -0.2) is 23.0 Å². The summed E-state index contributed by atoms with van der Waals surface area (Å²) in [7, 11) is 1.64. The Balaban J connectivity index is 2.03. The molecule has 4 heteroatoms. The lowest BCUT2D eigenvalue weighted by Crippen LogP contribution is -2.27. The first kappa shape index (κ1) is 13.1. The predicted molar refractivity (Wildman–Crippen MR) is 82.6 cm³/mol. The van der Waals surface area contributed by atoms with Crippen molar-refractivity contribution in [3.8, 4) is 5.75 Å². The van der Waals surface area contributed by atoms with Crippen molar-refractivity contribution in [2.75, 3.05) is 11.9 Å². The molecule has 3 rings (SSSR count). The number of amides is 1. The van der Waals surface area contributed by atoms with Crippen LogP contribution in [0.4, 0.5) is 5.82 Å². The van der Waals surface area contributed by atoms with Crippen LogP contribution in [0.5, 0.6) is 5.75 Å². The monoisotopic (exact) mass is 278 g/mol. The number of aromatic nitrogens is 1. The Kier molecular flexibility index (Phi) is 3.28. The van der Waals surface area contributed by atoms with Crippen molar-refractivity contribution in [2.24, 2.45) is 0 Å². The highest BCUT2D eigenvalue weighted by Gasteiger charge is 2.18. The fourth-order valence-electron chi connectivity index (χ4n) is 2.24. The fraction of sp³-hybridized carbons (Fsp3) is 0.0588. The lowest BCUT2D eigenvalue weighted by atomic mass is 10.1. The second kappa shape index (κ2) is 5.25. The number of aromatic hydroxyl groups is 1. The van der Waals surface area contributed by atoms with Crippen molar-refractivity contribution >= 4 is 22.5 Å². The minimum atomic E-state index is -0.294. The number of pyridine rings is 1. The van der Waals surface area contributed by atoms with Crippen LogP contribution in [0.25, 0.3) is 10.8 Å². The Bertz CT molecular complexity index is 800. The zero-order valence-electron chi connectivity index (χ0n) is 11.5. The number of carbonyl (C=O) groups excluding carboxylic acids is 1. The normalized spacial score (nSPS) is 10.5. The maximum atomic E-state index is 12.5. The third-order valence-corrected chi connectivity index (χ3v) is 3.39. The minimum absolute atomic E-state index is 0.0264. The highest BCUT2D eigenvalue weighted by molar-refractivity contribution is 6.09. The molecule has 1 amide bonds. The number of anilines is 1. The van der Waals surface area contributed by atoms with Crippen LogP contribution >= 0.6 is 0 Å². The van der Waals surface area contributed by atoms with E-state index >= 15 is 0 Å². The molecule has 0 atom stereocenters. The molecule has 0 aliphatic rings. The second-order valence-corrected chi connectivity index (χ2v) is 4.77. The molecule has 2 aromatic carbocycles. The molecule has 0 aliphatic heterocycles. The molecule has 21 heavy (non-hydrogen) atoms. The van der Waals surface area contributed by atoms with E-state index in [4.69, 9.17) is 0 Å². The van der Waals surface area contributed by atoms with E-state index < -0.39 is 0 Å². The van der Waals surface area contributed by atoms with Gasteiger partial charge in [-0.25, -0.2) is 4.98 Å². The van der Waals surface area contributed by atoms with Crippen LogP contribution in [0.1, 0.15) is 10.4 Å². The smallest absolute Gasteiger partial charge is 0.262 e. The number of carbonyl (C=O) groups is 1. The summed E-state index contributed by atoms with van der Waals surface area (Å²) in [5, 5.41) is 11.9. The summed E-state index contributed by atoms with van der Waals surface area (Å²) < 4.78 is 0. The average molecular weight is 278 g/mol. The summed E-state index contributed by atoms with van der Waals surface area (Å²) in [6, 6.07) is 16.2. The van der Waals surface area contributed by atoms with Gasteiger partial charge < -0.3 is 5.11 Å². The van der Waals surface area contributed by atoms with Crippen molar-refractivity contribution in [1.82, 2.24) is 4.98 Å². The number of hydrogen-bond acceptors (Lipinski definition) is 3. The summed E-state index contributed by atoms with van der Waals surface area (Å²) >= 11 is 0. The van der Waals surface area contributed by atoms with Gasteiger partial charge in [0.05, 0.1) is 5.56 Å². The summed E-state index contributed by atoms with van der Waals surface area (Å²) in [5.74, 6) is 0.216. The molecule has 4 nitrogen and oxygen atoms in total. The molecule has 0 fully saturated rings. The van der Waals surface area contributed by atoms with E-state index in [0.717, 1.165) is 10.8 Å². The third kappa shape index (κ3) is 2.43. The number of benzene rings is 2. The van der Waals surface area contributed by atoms with Gasteiger partial charge in [0, 0.05) is 13.2 Å². The Morgan fingerprint density at radius 2 is 1.71 bits per heavy atom. The fourth-order valence-corrected chi connectivity index (χ4v) is 2.24. The van der Waals surface area contributed by atoms with Crippen LogP contribution in [-0.2, 0) is 0 Å². The van der Waals surface area contributed by atoms with Gasteiger partial charge >= 0.3 is 0 Å². The standard InChI is InChI=1S/C17H14N2O2/c1-19(16-8-4-5-9-18-16)17(21)14-10-12-6-2-3-7-13(12)11-15(14)20/h2-11,20H,1H3. The van der Waals surface area contributed by atoms with Gasteiger partial charge in [0.2, 0.25) is 0 Å². The molecular weight excluding hydrogens is 264 g/mol. The average Bonchev–Trinajstić information content (AvgIpc) is 2.53. The summed E-state index contributed by atoms with van der Waals surface area (Å²) in [6.07, 6.45) is 1.62. The highest BCUT2D eigenvalue weighted by Crippen LogP contribution is 2.26. The number of phenolic OH excluding ortho intramolecular Hbond substituents is 1. The van der Waals surface area contributed by atoms with Gasteiger partial charge in [-0.3, -0.25) is 9.69 Å². The Hall–Kier alpha value is -2.88. The van der Waals surface area contributed by atoms with E-state index in [0.29, 0.717) is 5.82 Å². The Morgan fingerprint density at radius 3 is 2.38 bits per heavy atom. The topological polar surface area (TPSA) is 53.4 Å². The second-order valence-electron chi connectivity index (χ2n) is 4.77. The maximum Gasteiger partial charge on any atom is 0.262 e. The zero-order valence-corrected chi connectivity index (χ0v) is 11.5. The molecule has 0 saturated heterocycles. The van der Waals surface area contributed by atoms with E-state index in [9.17, 15) is 9.90 Å². The van der Waals surface area contributed by atoms with Gasteiger partial charge in [0.25, 0.3) is 5.91 Å². The van der Waals surface area contributed by atoms with Gasteiger partial charge in [-0.05, 0) is 35.0 Å². The first-order valence-electron chi connectivity index (χ1n) is 6.57. The van der Waals surface area contributed by atoms with Gasteiger partial charge in [-0.1, -0.05) is 30.3 Å². The largest absolute Gasteiger partial charge is 0.507 e. The zero-order chi connectivity index (χ0) is 14.8. The number of nitrogens with zero attached hydrogens (tertiary/aromatic N) is 2. The molecule has 0 unspecified atom stereocenters.